The summed E-state index contributed by atoms with van der Waals surface area (Å²) in [7, 11) is 0. The van der Waals surface area contributed by atoms with Crippen molar-refractivity contribution in [1.82, 2.24) is 5.32 Å². The summed E-state index contributed by atoms with van der Waals surface area (Å²) in [6.07, 6.45) is 1.32. The molecule has 0 aromatic heterocycles. The lowest BCUT2D eigenvalue weighted by molar-refractivity contribution is -0.156. The Labute approximate surface area is 195 Å². The molecule has 9 nitrogen and oxygen atoms in total. The van der Waals surface area contributed by atoms with Gasteiger partial charge in [0.2, 0.25) is 5.91 Å². The molecular formula is C24H37NO8. The van der Waals surface area contributed by atoms with E-state index in [1.54, 1.807) is 24.3 Å². The fourth-order valence-electron chi connectivity index (χ4n) is 2.70. The van der Waals surface area contributed by atoms with E-state index in [2.05, 4.69) is 5.32 Å². The molecule has 0 radical (unpaired) electrons. The number of hydrogen-bond acceptors (Lipinski definition) is 7. The van der Waals surface area contributed by atoms with Crippen LogP contribution in [0, 0.1) is 0 Å². The number of amides is 1. The average molecular weight is 468 g/mol. The van der Waals surface area contributed by atoms with Crippen molar-refractivity contribution < 1.29 is 38.4 Å². The summed E-state index contributed by atoms with van der Waals surface area (Å²) in [4.78, 5) is 35.0. The van der Waals surface area contributed by atoms with Crippen molar-refractivity contribution in [2.75, 3.05) is 33.0 Å². The minimum absolute atomic E-state index is 0.121. The summed E-state index contributed by atoms with van der Waals surface area (Å²) in [6.45, 7) is 9.13. The van der Waals surface area contributed by atoms with Gasteiger partial charge in [0.05, 0.1) is 26.2 Å². The SMILES string of the molecule is CCCOCCC(=O)N[C@@H](Cc1ccc(OCCOCCC(=O)OC(C)(C)C)cc1)C(=O)O. The Balaban J connectivity index is 2.33. The zero-order valence-electron chi connectivity index (χ0n) is 20.1. The van der Waals surface area contributed by atoms with Crippen LogP contribution in [0.25, 0.3) is 0 Å². The van der Waals surface area contributed by atoms with E-state index in [-0.39, 0.29) is 44.4 Å². The van der Waals surface area contributed by atoms with Gasteiger partial charge in [0.25, 0.3) is 0 Å². The second-order valence-corrected chi connectivity index (χ2v) is 8.47. The van der Waals surface area contributed by atoms with Gasteiger partial charge in [-0.1, -0.05) is 19.1 Å². The monoisotopic (exact) mass is 467 g/mol. The van der Waals surface area contributed by atoms with Crippen LogP contribution in [0.2, 0.25) is 0 Å². The maximum absolute atomic E-state index is 11.9. The Morgan fingerprint density at radius 1 is 0.939 bits per heavy atom. The number of ether oxygens (including phenoxy) is 4. The lowest BCUT2D eigenvalue weighted by Crippen LogP contribution is -2.42. The van der Waals surface area contributed by atoms with Gasteiger partial charge >= 0.3 is 11.9 Å². The third-order valence-electron chi connectivity index (χ3n) is 4.19. The fraction of sp³-hybridized carbons (Fsp3) is 0.625. The molecule has 0 heterocycles. The molecule has 0 aliphatic rings. The summed E-state index contributed by atoms with van der Waals surface area (Å²) in [5.41, 5.74) is 0.247. The molecule has 9 heteroatoms. The third kappa shape index (κ3) is 14.2. The highest BCUT2D eigenvalue weighted by Crippen LogP contribution is 2.14. The van der Waals surface area contributed by atoms with E-state index >= 15 is 0 Å². The van der Waals surface area contributed by atoms with Crippen LogP contribution in [0.3, 0.4) is 0 Å². The van der Waals surface area contributed by atoms with E-state index in [0.29, 0.717) is 25.6 Å². The summed E-state index contributed by atoms with van der Waals surface area (Å²) < 4.78 is 21.4. The first kappa shape index (κ1) is 28.4. The van der Waals surface area contributed by atoms with Crippen molar-refractivity contribution in [1.29, 1.82) is 0 Å². The Bertz CT molecular complexity index is 727. The second kappa shape index (κ2) is 15.2. The molecule has 0 spiro atoms. The standard InChI is InChI=1S/C24H37NO8/c1-5-12-30-13-10-21(26)25-20(23(28)29)17-18-6-8-19(9-7-18)32-16-15-31-14-11-22(27)33-24(2,3)4/h6-9,20H,5,10-17H2,1-4H3,(H,25,26)(H,28,29)/t20-/m0/s1. The number of carbonyl (C=O) groups is 3. The molecule has 186 valence electrons. The van der Waals surface area contributed by atoms with Crippen molar-refractivity contribution in [2.45, 2.75) is 65.0 Å². The molecule has 0 unspecified atom stereocenters. The van der Waals surface area contributed by atoms with Crippen LogP contribution < -0.4 is 10.1 Å². The molecule has 1 atom stereocenters. The first-order valence-corrected chi connectivity index (χ1v) is 11.2. The lowest BCUT2D eigenvalue weighted by atomic mass is 10.1. The van der Waals surface area contributed by atoms with E-state index in [1.807, 2.05) is 27.7 Å². The van der Waals surface area contributed by atoms with Gasteiger partial charge in [0.1, 0.15) is 24.0 Å². The zero-order chi connectivity index (χ0) is 24.7. The number of carboxylic acid groups (broad SMARTS) is 1. The highest BCUT2D eigenvalue weighted by Gasteiger charge is 2.20. The topological polar surface area (TPSA) is 120 Å². The largest absolute Gasteiger partial charge is 0.491 e. The summed E-state index contributed by atoms with van der Waals surface area (Å²) in [5, 5.41) is 11.9. The number of rotatable bonds is 16. The molecule has 0 aliphatic heterocycles. The predicted octanol–water partition coefficient (Wildman–Crippen LogP) is 2.74. The van der Waals surface area contributed by atoms with Gasteiger partial charge in [0.15, 0.2) is 0 Å². The van der Waals surface area contributed by atoms with Crippen LogP contribution >= 0.6 is 0 Å². The van der Waals surface area contributed by atoms with Crippen LogP contribution in [0.5, 0.6) is 5.75 Å². The predicted molar refractivity (Wildman–Crippen MR) is 122 cm³/mol. The maximum Gasteiger partial charge on any atom is 0.326 e. The van der Waals surface area contributed by atoms with E-state index < -0.39 is 17.6 Å². The summed E-state index contributed by atoms with van der Waals surface area (Å²) >= 11 is 0. The minimum Gasteiger partial charge on any atom is -0.491 e. The Morgan fingerprint density at radius 2 is 1.58 bits per heavy atom. The van der Waals surface area contributed by atoms with Crippen LogP contribution in [0.4, 0.5) is 0 Å². The third-order valence-corrected chi connectivity index (χ3v) is 4.19. The number of benzene rings is 1. The molecule has 33 heavy (non-hydrogen) atoms. The first-order valence-electron chi connectivity index (χ1n) is 11.2. The zero-order valence-corrected chi connectivity index (χ0v) is 20.1. The average Bonchev–Trinajstić information content (AvgIpc) is 2.73. The van der Waals surface area contributed by atoms with Gasteiger partial charge < -0.3 is 29.4 Å². The number of carbonyl (C=O) groups excluding carboxylic acids is 2. The van der Waals surface area contributed by atoms with E-state index in [9.17, 15) is 19.5 Å². The molecule has 1 amide bonds. The number of carboxylic acids is 1. The van der Waals surface area contributed by atoms with E-state index in [4.69, 9.17) is 18.9 Å². The van der Waals surface area contributed by atoms with Gasteiger partial charge in [0, 0.05) is 19.4 Å². The fourth-order valence-corrected chi connectivity index (χ4v) is 2.70. The number of nitrogens with one attached hydrogen (secondary N) is 1. The van der Waals surface area contributed by atoms with Crippen LogP contribution in [-0.2, 0) is 35.0 Å². The molecule has 1 aromatic rings. The second-order valence-electron chi connectivity index (χ2n) is 8.47. The Hall–Kier alpha value is -2.65. The van der Waals surface area contributed by atoms with Crippen molar-refractivity contribution in [3.05, 3.63) is 29.8 Å². The highest BCUT2D eigenvalue weighted by molar-refractivity contribution is 5.83. The first-order chi connectivity index (χ1) is 15.6. The van der Waals surface area contributed by atoms with Crippen molar-refractivity contribution in [3.63, 3.8) is 0 Å². The number of hydrogen-bond donors (Lipinski definition) is 2. The van der Waals surface area contributed by atoms with E-state index in [0.717, 1.165) is 12.0 Å². The smallest absolute Gasteiger partial charge is 0.326 e. The van der Waals surface area contributed by atoms with Crippen LogP contribution in [0.1, 0.15) is 52.5 Å². The molecule has 0 aliphatic carbocycles. The lowest BCUT2D eigenvalue weighted by Gasteiger charge is -2.19. The van der Waals surface area contributed by atoms with Crippen molar-refractivity contribution in [3.8, 4) is 5.75 Å². The maximum atomic E-state index is 11.9. The van der Waals surface area contributed by atoms with Gasteiger partial charge in [-0.25, -0.2) is 4.79 Å². The Kier molecular flexibility index (Phi) is 13.1. The Morgan fingerprint density at radius 3 is 2.18 bits per heavy atom. The van der Waals surface area contributed by atoms with Crippen LogP contribution in [-0.4, -0.2) is 67.6 Å². The van der Waals surface area contributed by atoms with Gasteiger partial charge in [-0.2, -0.15) is 0 Å². The van der Waals surface area contributed by atoms with E-state index in [1.165, 1.54) is 0 Å². The molecule has 0 bridgehead atoms. The molecule has 2 N–H and O–H groups in total. The molecule has 0 fully saturated rings. The molecule has 1 aromatic carbocycles. The number of esters is 1. The van der Waals surface area contributed by atoms with Crippen LogP contribution in [0.15, 0.2) is 24.3 Å². The summed E-state index contributed by atoms with van der Waals surface area (Å²) in [5.74, 6) is -1.15. The molecule has 0 saturated carbocycles. The minimum atomic E-state index is -1.10. The normalized spacial score (nSPS) is 12.1. The van der Waals surface area contributed by atoms with Gasteiger partial charge in [-0.05, 0) is 44.9 Å². The summed E-state index contributed by atoms with van der Waals surface area (Å²) in [6, 6.07) is 5.95. The van der Waals surface area contributed by atoms with Crippen molar-refractivity contribution >= 4 is 17.8 Å². The highest BCUT2D eigenvalue weighted by atomic mass is 16.6. The molecule has 1 rings (SSSR count). The van der Waals surface area contributed by atoms with Crippen molar-refractivity contribution in [2.24, 2.45) is 0 Å². The molecular weight excluding hydrogens is 430 g/mol. The van der Waals surface area contributed by atoms with Gasteiger partial charge in [-0.15, -0.1) is 0 Å². The quantitative estimate of drug-likeness (QED) is 0.281. The molecule has 0 saturated heterocycles. The number of aliphatic carboxylic acids is 1. The van der Waals surface area contributed by atoms with Gasteiger partial charge in [-0.3, -0.25) is 9.59 Å².